The molecule has 2 aromatic rings. The first-order valence-electron chi connectivity index (χ1n) is 6.52. The van der Waals surface area contributed by atoms with Gasteiger partial charge >= 0.3 is 0 Å². The zero-order valence-corrected chi connectivity index (χ0v) is 11.2. The second-order valence-corrected chi connectivity index (χ2v) is 4.72. The normalized spacial score (nSPS) is 12.3. The van der Waals surface area contributed by atoms with Gasteiger partial charge < -0.3 is 10.4 Å². The number of aliphatic hydroxyl groups is 1. The molecule has 6 heteroatoms. The highest BCUT2D eigenvalue weighted by atomic mass is 16.6. The van der Waals surface area contributed by atoms with Crippen molar-refractivity contribution < 1.29 is 10.0 Å². The van der Waals surface area contributed by atoms with Crippen LogP contribution in [0.1, 0.15) is 19.8 Å². The van der Waals surface area contributed by atoms with E-state index in [0.29, 0.717) is 5.39 Å². The lowest BCUT2D eigenvalue weighted by atomic mass is 10.1. The maximum atomic E-state index is 11.0. The van der Waals surface area contributed by atoms with E-state index in [9.17, 15) is 10.1 Å². The molecule has 0 saturated carbocycles. The topological polar surface area (TPSA) is 88.3 Å². The molecule has 2 N–H and O–H groups in total. The molecule has 0 saturated heterocycles. The molecule has 1 aromatic heterocycles. The Morgan fingerprint density at radius 3 is 2.90 bits per heavy atom. The molecule has 0 aliphatic carbocycles. The Hall–Kier alpha value is -2.21. The largest absolute Gasteiger partial charge is 0.396 e. The SMILES string of the molecule is CC(CCCO)Nc1ccc([N+](=O)[O-])c2ccncc12. The highest BCUT2D eigenvalue weighted by molar-refractivity contribution is 5.99. The summed E-state index contributed by atoms with van der Waals surface area (Å²) in [6.07, 6.45) is 4.73. The lowest BCUT2D eigenvalue weighted by Crippen LogP contribution is -2.15. The standard InChI is InChI=1S/C14H17N3O3/c1-10(3-2-8-18)16-13-4-5-14(17(19)20)11-6-7-15-9-12(11)13/h4-7,9-10,16,18H,2-3,8H2,1H3. The number of hydrogen-bond acceptors (Lipinski definition) is 5. The highest BCUT2D eigenvalue weighted by Gasteiger charge is 2.15. The predicted octanol–water partition coefficient (Wildman–Crippen LogP) is 2.72. The molecule has 0 fully saturated rings. The van der Waals surface area contributed by atoms with Crippen LogP contribution in [-0.2, 0) is 0 Å². The molecule has 0 bridgehead atoms. The van der Waals surface area contributed by atoms with Crippen molar-refractivity contribution in [3.05, 3.63) is 40.7 Å². The third-order valence-electron chi connectivity index (χ3n) is 3.19. The van der Waals surface area contributed by atoms with Gasteiger partial charge in [-0.1, -0.05) is 0 Å². The van der Waals surface area contributed by atoms with Crippen molar-refractivity contribution in [3.63, 3.8) is 0 Å². The fourth-order valence-corrected chi connectivity index (χ4v) is 2.19. The lowest BCUT2D eigenvalue weighted by Gasteiger charge is -2.16. The quantitative estimate of drug-likeness (QED) is 0.625. The van der Waals surface area contributed by atoms with Gasteiger partial charge in [0.15, 0.2) is 0 Å². The summed E-state index contributed by atoms with van der Waals surface area (Å²) in [6.45, 7) is 2.17. The van der Waals surface area contributed by atoms with Crippen molar-refractivity contribution in [2.24, 2.45) is 0 Å². The van der Waals surface area contributed by atoms with E-state index < -0.39 is 0 Å². The monoisotopic (exact) mass is 275 g/mol. The smallest absolute Gasteiger partial charge is 0.277 e. The Morgan fingerprint density at radius 1 is 1.40 bits per heavy atom. The molecule has 1 aromatic carbocycles. The number of aliphatic hydroxyl groups excluding tert-OH is 1. The second kappa shape index (κ2) is 6.29. The molecule has 1 heterocycles. The van der Waals surface area contributed by atoms with E-state index in [4.69, 9.17) is 5.11 Å². The molecule has 1 atom stereocenters. The van der Waals surface area contributed by atoms with Crippen LogP contribution < -0.4 is 5.32 Å². The number of anilines is 1. The van der Waals surface area contributed by atoms with Gasteiger partial charge in [-0.15, -0.1) is 0 Å². The summed E-state index contributed by atoms with van der Waals surface area (Å²) in [6, 6.07) is 5.03. The average Bonchev–Trinajstić information content (AvgIpc) is 2.45. The van der Waals surface area contributed by atoms with Crippen molar-refractivity contribution >= 4 is 22.1 Å². The van der Waals surface area contributed by atoms with E-state index >= 15 is 0 Å². The number of pyridine rings is 1. The Balaban J connectivity index is 2.35. The Bertz CT molecular complexity index is 616. The fraction of sp³-hybridized carbons (Fsp3) is 0.357. The zero-order valence-electron chi connectivity index (χ0n) is 11.2. The van der Waals surface area contributed by atoms with Crippen LogP contribution in [0.25, 0.3) is 10.8 Å². The van der Waals surface area contributed by atoms with Gasteiger partial charge in [-0.05, 0) is 31.9 Å². The third-order valence-corrected chi connectivity index (χ3v) is 3.19. The van der Waals surface area contributed by atoms with Gasteiger partial charge in [0.2, 0.25) is 0 Å². The number of nitrogens with zero attached hydrogens (tertiary/aromatic N) is 2. The summed E-state index contributed by atoms with van der Waals surface area (Å²) in [5.74, 6) is 0. The van der Waals surface area contributed by atoms with Crippen molar-refractivity contribution in [2.45, 2.75) is 25.8 Å². The van der Waals surface area contributed by atoms with Crippen LogP contribution >= 0.6 is 0 Å². The van der Waals surface area contributed by atoms with Crippen LogP contribution in [0.4, 0.5) is 11.4 Å². The first kappa shape index (κ1) is 14.2. The van der Waals surface area contributed by atoms with Gasteiger partial charge in [-0.25, -0.2) is 0 Å². The summed E-state index contributed by atoms with van der Waals surface area (Å²) in [7, 11) is 0. The Labute approximate surface area is 116 Å². The molecular formula is C14H17N3O3. The van der Waals surface area contributed by atoms with Crippen LogP contribution in [0.15, 0.2) is 30.6 Å². The first-order valence-corrected chi connectivity index (χ1v) is 6.52. The third kappa shape index (κ3) is 3.03. The number of nitrogens with one attached hydrogen (secondary N) is 1. The predicted molar refractivity (Wildman–Crippen MR) is 77.8 cm³/mol. The van der Waals surface area contributed by atoms with Gasteiger partial charge in [0.25, 0.3) is 5.69 Å². The first-order chi connectivity index (χ1) is 9.63. The maximum absolute atomic E-state index is 11.0. The van der Waals surface area contributed by atoms with Gasteiger partial charge in [0.1, 0.15) is 0 Å². The van der Waals surface area contributed by atoms with Crippen LogP contribution in [0.3, 0.4) is 0 Å². The molecule has 0 amide bonds. The summed E-state index contributed by atoms with van der Waals surface area (Å²) >= 11 is 0. The van der Waals surface area contributed by atoms with Gasteiger partial charge in [-0.3, -0.25) is 15.1 Å². The van der Waals surface area contributed by atoms with E-state index in [1.807, 2.05) is 6.92 Å². The molecule has 0 aliphatic heterocycles. The molecule has 0 radical (unpaired) electrons. The minimum Gasteiger partial charge on any atom is -0.396 e. The van der Waals surface area contributed by atoms with Crippen molar-refractivity contribution in [3.8, 4) is 0 Å². The summed E-state index contributed by atoms with van der Waals surface area (Å²) in [5, 5.41) is 24.5. The van der Waals surface area contributed by atoms with Crippen molar-refractivity contribution in [1.82, 2.24) is 4.98 Å². The molecule has 0 aliphatic rings. The number of nitro groups is 1. The summed E-state index contributed by atoms with van der Waals surface area (Å²) < 4.78 is 0. The average molecular weight is 275 g/mol. The fourth-order valence-electron chi connectivity index (χ4n) is 2.19. The minimum atomic E-state index is -0.388. The lowest BCUT2D eigenvalue weighted by molar-refractivity contribution is -0.383. The van der Waals surface area contributed by atoms with E-state index in [-0.39, 0.29) is 23.3 Å². The second-order valence-electron chi connectivity index (χ2n) is 4.72. The van der Waals surface area contributed by atoms with Crippen LogP contribution in [0.5, 0.6) is 0 Å². The van der Waals surface area contributed by atoms with Crippen LogP contribution in [-0.4, -0.2) is 27.7 Å². The van der Waals surface area contributed by atoms with E-state index in [1.165, 1.54) is 6.07 Å². The summed E-state index contributed by atoms with van der Waals surface area (Å²) in [5.41, 5.74) is 0.903. The Morgan fingerprint density at radius 2 is 2.20 bits per heavy atom. The van der Waals surface area contributed by atoms with Crippen molar-refractivity contribution in [2.75, 3.05) is 11.9 Å². The molecular weight excluding hydrogens is 258 g/mol. The number of hydrogen-bond donors (Lipinski definition) is 2. The number of nitro benzene ring substituents is 1. The molecule has 106 valence electrons. The van der Waals surface area contributed by atoms with Crippen LogP contribution in [0, 0.1) is 10.1 Å². The van der Waals surface area contributed by atoms with E-state index in [0.717, 1.165) is 23.9 Å². The maximum Gasteiger partial charge on any atom is 0.277 e. The molecule has 1 unspecified atom stereocenters. The number of non-ortho nitro benzene ring substituents is 1. The minimum absolute atomic E-state index is 0.0796. The van der Waals surface area contributed by atoms with Gasteiger partial charge in [0, 0.05) is 42.2 Å². The number of fused-ring (bicyclic) bond motifs is 1. The van der Waals surface area contributed by atoms with E-state index in [1.54, 1.807) is 24.5 Å². The van der Waals surface area contributed by atoms with Gasteiger partial charge in [0.05, 0.1) is 10.3 Å². The number of aromatic nitrogens is 1. The van der Waals surface area contributed by atoms with Crippen molar-refractivity contribution in [1.29, 1.82) is 0 Å². The van der Waals surface area contributed by atoms with Crippen LogP contribution in [0.2, 0.25) is 0 Å². The van der Waals surface area contributed by atoms with E-state index in [2.05, 4.69) is 10.3 Å². The molecule has 2 rings (SSSR count). The number of rotatable bonds is 6. The summed E-state index contributed by atoms with van der Waals surface area (Å²) in [4.78, 5) is 14.7. The molecule has 20 heavy (non-hydrogen) atoms. The number of benzene rings is 1. The van der Waals surface area contributed by atoms with Gasteiger partial charge in [-0.2, -0.15) is 0 Å². The Kier molecular flexibility index (Phi) is 4.47. The molecule has 6 nitrogen and oxygen atoms in total. The highest BCUT2D eigenvalue weighted by Crippen LogP contribution is 2.31. The molecule has 0 spiro atoms. The zero-order chi connectivity index (χ0) is 14.5.